The highest BCUT2D eigenvalue weighted by molar-refractivity contribution is 7.99. The zero-order valence-electron chi connectivity index (χ0n) is 5.97. The fourth-order valence-electron chi connectivity index (χ4n) is 1.12. The molecule has 1 aliphatic rings. The van der Waals surface area contributed by atoms with E-state index in [2.05, 4.69) is 0 Å². The van der Waals surface area contributed by atoms with Crippen LogP contribution < -0.4 is 0 Å². The minimum atomic E-state index is -4.37. The number of thioether (sulfide) groups is 1. The Labute approximate surface area is 71.1 Å². The summed E-state index contributed by atoms with van der Waals surface area (Å²) in [5, 5.41) is 8.43. The average molecular weight is 200 g/mol. The second-order valence-corrected chi connectivity index (χ2v) is 3.71. The molecule has 1 rings (SSSR count). The molecule has 0 spiro atoms. The third-order valence-electron chi connectivity index (χ3n) is 1.82. The summed E-state index contributed by atoms with van der Waals surface area (Å²) in [6.45, 7) is 0. The van der Waals surface area contributed by atoms with Crippen LogP contribution in [0.3, 0.4) is 0 Å². The van der Waals surface area contributed by atoms with Crippen molar-refractivity contribution in [2.75, 3.05) is 11.5 Å². The summed E-state index contributed by atoms with van der Waals surface area (Å²) in [5.74, 6) is -4.32. The molecule has 1 N–H and O–H groups in total. The number of halogens is 3. The first kappa shape index (κ1) is 9.70. The third-order valence-corrected chi connectivity index (χ3v) is 3.01. The predicted octanol–water partition coefficient (Wildman–Crippen LogP) is 1.61. The van der Waals surface area contributed by atoms with Crippen molar-refractivity contribution >= 4 is 17.7 Å². The lowest BCUT2D eigenvalue weighted by Crippen LogP contribution is -2.33. The van der Waals surface area contributed by atoms with Crippen LogP contribution in [-0.2, 0) is 4.79 Å². The van der Waals surface area contributed by atoms with Gasteiger partial charge < -0.3 is 5.11 Å². The first-order chi connectivity index (χ1) is 5.43. The van der Waals surface area contributed by atoms with Crippen molar-refractivity contribution < 1.29 is 23.1 Å². The van der Waals surface area contributed by atoms with Crippen LogP contribution in [0.1, 0.15) is 0 Å². The Balaban J connectivity index is 2.71. The Kier molecular flexibility index (Phi) is 2.55. The fourth-order valence-corrected chi connectivity index (χ4v) is 2.56. The molecule has 1 aliphatic heterocycles. The third kappa shape index (κ3) is 1.85. The average Bonchev–Trinajstić information content (AvgIpc) is 2.30. The number of hydrogen-bond acceptors (Lipinski definition) is 2. The Morgan fingerprint density at radius 3 is 2.33 bits per heavy atom. The summed E-state index contributed by atoms with van der Waals surface area (Å²) in [5.41, 5.74) is 0. The van der Waals surface area contributed by atoms with Crippen molar-refractivity contribution in [1.29, 1.82) is 0 Å². The number of hydrogen-bond donors (Lipinski definition) is 1. The van der Waals surface area contributed by atoms with Crippen molar-refractivity contribution in [2.45, 2.75) is 6.18 Å². The van der Waals surface area contributed by atoms with Crippen LogP contribution in [-0.4, -0.2) is 28.8 Å². The smallest absolute Gasteiger partial charge is 0.393 e. The van der Waals surface area contributed by atoms with Gasteiger partial charge in [-0.05, 0) is 0 Å². The summed E-state index contributed by atoms with van der Waals surface area (Å²) in [4.78, 5) is 10.3. The summed E-state index contributed by atoms with van der Waals surface area (Å²) in [7, 11) is 0. The normalized spacial score (nSPS) is 30.6. The zero-order valence-corrected chi connectivity index (χ0v) is 6.78. The number of aliphatic carboxylic acids is 1. The topological polar surface area (TPSA) is 37.3 Å². The quantitative estimate of drug-likeness (QED) is 0.698. The minimum absolute atomic E-state index is 0.0690. The van der Waals surface area contributed by atoms with E-state index in [1.54, 1.807) is 0 Å². The van der Waals surface area contributed by atoms with Gasteiger partial charge in [0.05, 0.1) is 11.8 Å². The van der Waals surface area contributed by atoms with E-state index in [1.165, 1.54) is 0 Å². The second-order valence-electron chi connectivity index (χ2n) is 2.63. The second kappa shape index (κ2) is 3.16. The largest absolute Gasteiger partial charge is 0.481 e. The summed E-state index contributed by atoms with van der Waals surface area (Å²) in [6.07, 6.45) is -4.37. The molecule has 6 heteroatoms. The molecule has 0 saturated carbocycles. The van der Waals surface area contributed by atoms with Crippen LogP contribution in [0, 0.1) is 11.8 Å². The highest BCUT2D eigenvalue weighted by Gasteiger charge is 2.50. The van der Waals surface area contributed by atoms with Crippen molar-refractivity contribution in [2.24, 2.45) is 11.8 Å². The van der Waals surface area contributed by atoms with E-state index in [1.807, 2.05) is 0 Å². The molecule has 0 radical (unpaired) electrons. The Morgan fingerprint density at radius 1 is 1.42 bits per heavy atom. The van der Waals surface area contributed by atoms with E-state index in [-0.39, 0.29) is 11.5 Å². The molecule has 2 unspecified atom stereocenters. The van der Waals surface area contributed by atoms with Gasteiger partial charge in [0.2, 0.25) is 0 Å². The minimum Gasteiger partial charge on any atom is -0.481 e. The van der Waals surface area contributed by atoms with Crippen molar-refractivity contribution in [3.8, 4) is 0 Å². The van der Waals surface area contributed by atoms with E-state index in [9.17, 15) is 18.0 Å². The zero-order chi connectivity index (χ0) is 9.35. The Bertz CT molecular complexity index is 192. The van der Waals surface area contributed by atoms with Gasteiger partial charge in [0.1, 0.15) is 0 Å². The van der Waals surface area contributed by atoms with Gasteiger partial charge in [-0.25, -0.2) is 0 Å². The van der Waals surface area contributed by atoms with Crippen LogP contribution in [0.25, 0.3) is 0 Å². The van der Waals surface area contributed by atoms with Crippen LogP contribution in [0.2, 0.25) is 0 Å². The highest BCUT2D eigenvalue weighted by atomic mass is 32.2. The van der Waals surface area contributed by atoms with E-state index >= 15 is 0 Å². The van der Waals surface area contributed by atoms with Gasteiger partial charge in [-0.1, -0.05) is 0 Å². The number of rotatable bonds is 1. The van der Waals surface area contributed by atoms with Crippen LogP contribution in [0.15, 0.2) is 0 Å². The van der Waals surface area contributed by atoms with Gasteiger partial charge >= 0.3 is 12.1 Å². The molecule has 1 fully saturated rings. The molecule has 0 aromatic heterocycles. The first-order valence-electron chi connectivity index (χ1n) is 3.30. The number of carboxylic acids is 1. The molecule has 0 aliphatic carbocycles. The lowest BCUT2D eigenvalue weighted by atomic mass is 9.96. The monoisotopic (exact) mass is 200 g/mol. The van der Waals surface area contributed by atoms with Crippen molar-refractivity contribution in [1.82, 2.24) is 0 Å². The standard InChI is InChI=1S/C6H7F3O2S/c7-6(8,9)4-2-12-1-3(4)5(10)11/h3-4H,1-2H2,(H,10,11). The molecule has 12 heavy (non-hydrogen) atoms. The number of alkyl halides is 3. The number of carbonyl (C=O) groups is 1. The van der Waals surface area contributed by atoms with Crippen LogP contribution >= 0.6 is 11.8 Å². The number of carboxylic acid groups (broad SMARTS) is 1. The van der Waals surface area contributed by atoms with Gasteiger partial charge in [-0.3, -0.25) is 4.79 Å². The molecule has 2 atom stereocenters. The molecule has 1 saturated heterocycles. The molecular formula is C6H7F3O2S. The van der Waals surface area contributed by atoms with Gasteiger partial charge in [0, 0.05) is 11.5 Å². The predicted molar refractivity (Wildman–Crippen MR) is 38.0 cm³/mol. The van der Waals surface area contributed by atoms with E-state index in [0.29, 0.717) is 0 Å². The lowest BCUT2D eigenvalue weighted by molar-refractivity contribution is -0.186. The summed E-state index contributed by atoms with van der Waals surface area (Å²) >= 11 is 1.04. The summed E-state index contributed by atoms with van der Waals surface area (Å²) < 4.78 is 36.3. The van der Waals surface area contributed by atoms with E-state index in [0.717, 1.165) is 11.8 Å². The molecule has 70 valence electrons. The molecule has 1 heterocycles. The van der Waals surface area contributed by atoms with Crippen LogP contribution in [0.5, 0.6) is 0 Å². The van der Waals surface area contributed by atoms with Gasteiger partial charge in [-0.2, -0.15) is 24.9 Å². The molecule has 0 amide bonds. The highest BCUT2D eigenvalue weighted by Crippen LogP contribution is 2.41. The maximum atomic E-state index is 12.1. The maximum absolute atomic E-state index is 12.1. The molecule has 2 nitrogen and oxygen atoms in total. The van der Waals surface area contributed by atoms with E-state index in [4.69, 9.17) is 5.11 Å². The maximum Gasteiger partial charge on any atom is 0.393 e. The van der Waals surface area contributed by atoms with Crippen LogP contribution in [0.4, 0.5) is 13.2 Å². The SMILES string of the molecule is O=C(O)C1CSCC1C(F)(F)F. The molecule has 0 aromatic carbocycles. The van der Waals surface area contributed by atoms with Crippen molar-refractivity contribution in [3.05, 3.63) is 0 Å². The fraction of sp³-hybridized carbons (Fsp3) is 0.833. The Hall–Kier alpha value is -0.390. The van der Waals surface area contributed by atoms with Gasteiger partial charge in [0.25, 0.3) is 0 Å². The molecular weight excluding hydrogens is 193 g/mol. The van der Waals surface area contributed by atoms with Gasteiger partial charge in [-0.15, -0.1) is 0 Å². The molecule has 0 aromatic rings. The lowest BCUT2D eigenvalue weighted by Gasteiger charge is -2.17. The Morgan fingerprint density at radius 2 is 2.00 bits per heavy atom. The van der Waals surface area contributed by atoms with E-state index < -0.39 is 24.0 Å². The van der Waals surface area contributed by atoms with Crippen molar-refractivity contribution in [3.63, 3.8) is 0 Å². The summed E-state index contributed by atoms with van der Waals surface area (Å²) in [6, 6.07) is 0. The molecule has 0 bridgehead atoms. The first-order valence-corrected chi connectivity index (χ1v) is 4.45. The van der Waals surface area contributed by atoms with Gasteiger partial charge in [0.15, 0.2) is 0 Å².